The van der Waals surface area contributed by atoms with E-state index < -0.39 is 6.61 Å². The van der Waals surface area contributed by atoms with Crippen LogP contribution in [0.15, 0.2) is 18.2 Å². The van der Waals surface area contributed by atoms with E-state index in [0.29, 0.717) is 0 Å². The lowest BCUT2D eigenvalue weighted by Crippen LogP contribution is -2.01. The molecule has 0 saturated heterocycles. The van der Waals surface area contributed by atoms with Gasteiger partial charge in [-0.05, 0) is 18.2 Å². The molecular weight excluding hydrogens is 200 g/mol. The highest BCUT2D eigenvalue weighted by Gasteiger charge is 2.06. The van der Waals surface area contributed by atoms with E-state index >= 15 is 0 Å². The first-order valence-corrected chi connectivity index (χ1v) is 3.65. The summed E-state index contributed by atoms with van der Waals surface area (Å²) in [5.74, 6) is -0.112. The summed E-state index contributed by atoms with van der Waals surface area (Å²) in [7, 11) is 0. The average Bonchev–Trinajstić information content (AvgIpc) is 2.01. The van der Waals surface area contributed by atoms with Crippen LogP contribution in [0.2, 0.25) is 5.02 Å². The molecule has 1 aromatic rings. The van der Waals surface area contributed by atoms with Gasteiger partial charge in [-0.3, -0.25) is 0 Å². The van der Waals surface area contributed by atoms with E-state index in [1.165, 1.54) is 18.2 Å². The van der Waals surface area contributed by atoms with Crippen LogP contribution in [0.5, 0.6) is 5.75 Å². The third-order valence-electron chi connectivity index (χ3n) is 1.23. The number of halogens is 3. The van der Waals surface area contributed by atoms with Crippen LogP contribution in [0.25, 0.3) is 0 Å². The number of ether oxygens (including phenoxy) is 1. The third kappa shape index (κ3) is 2.88. The minimum absolute atomic E-state index is 0.112. The number of hydrogen-bond donors (Lipinski definition) is 0. The molecule has 68 valence electrons. The first-order chi connectivity index (χ1) is 6.11. The fourth-order valence-corrected chi connectivity index (χ4v) is 1.02. The minimum atomic E-state index is -2.91. The lowest BCUT2D eigenvalue weighted by Gasteiger charge is -2.04. The van der Waals surface area contributed by atoms with E-state index in [4.69, 9.17) is 16.9 Å². The van der Waals surface area contributed by atoms with Crippen LogP contribution in [0.1, 0.15) is 5.56 Å². The van der Waals surface area contributed by atoms with Crippen LogP contribution in [-0.4, -0.2) is 6.61 Å². The highest BCUT2D eigenvalue weighted by Crippen LogP contribution is 2.21. The second-order valence-electron chi connectivity index (χ2n) is 2.17. The van der Waals surface area contributed by atoms with Gasteiger partial charge in [-0.25, -0.2) is 0 Å². The fourth-order valence-electron chi connectivity index (χ4n) is 0.798. The van der Waals surface area contributed by atoms with Gasteiger partial charge in [0.25, 0.3) is 0 Å². The van der Waals surface area contributed by atoms with Gasteiger partial charge >= 0.3 is 6.61 Å². The first kappa shape index (κ1) is 9.75. The van der Waals surface area contributed by atoms with Crippen molar-refractivity contribution in [2.45, 2.75) is 6.61 Å². The van der Waals surface area contributed by atoms with Crippen molar-refractivity contribution in [3.05, 3.63) is 28.8 Å². The molecule has 0 amide bonds. The summed E-state index contributed by atoms with van der Waals surface area (Å²) < 4.78 is 27.5. The maximum atomic E-state index is 11.7. The van der Waals surface area contributed by atoms with Gasteiger partial charge in [-0.15, -0.1) is 0 Å². The Morgan fingerprint density at radius 2 is 2.08 bits per heavy atom. The fraction of sp³-hybridized carbons (Fsp3) is 0.125. The minimum Gasteiger partial charge on any atom is -0.435 e. The number of benzene rings is 1. The monoisotopic (exact) mass is 203 g/mol. The Hall–Kier alpha value is -1.34. The molecule has 5 heteroatoms. The summed E-state index contributed by atoms with van der Waals surface area (Å²) >= 11 is 5.54. The summed E-state index contributed by atoms with van der Waals surface area (Å²) in [5, 5.41) is 8.66. The molecule has 0 aliphatic rings. The number of hydrogen-bond acceptors (Lipinski definition) is 2. The number of nitriles is 1. The zero-order valence-corrected chi connectivity index (χ0v) is 7.05. The van der Waals surface area contributed by atoms with Gasteiger partial charge in [-0.1, -0.05) is 11.6 Å². The van der Waals surface area contributed by atoms with Crippen LogP contribution < -0.4 is 4.74 Å². The molecule has 0 N–H and O–H groups in total. The number of nitrogens with zero attached hydrogens (tertiary/aromatic N) is 1. The summed E-state index contributed by atoms with van der Waals surface area (Å²) in [6.07, 6.45) is 0. The van der Waals surface area contributed by atoms with E-state index in [9.17, 15) is 8.78 Å². The van der Waals surface area contributed by atoms with E-state index in [1.807, 2.05) is 0 Å². The van der Waals surface area contributed by atoms with Crippen molar-refractivity contribution in [2.24, 2.45) is 0 Å². The molecule has 0 saturated carbocycles. The topological polar surface area (TPSA) is 33.0 Å². The van der Waals surface area contributed by atoms with Gasteiger partial charge in [0, 0.05) is 5.02 Å². The molecule has 0 spiro atoms. The lowest BCUT2D eigenvalue weighted by atomic mass is 10.2. The molecule has 0 radical (unpaired) electrons. The average molecular weight is 204 g/mol. The van der Waals surface area contributed by atoms with Crippen molar-refractivity contribution in [1.82, 2.24) is 0 Å². The van der Waals surface area contributed by atoms with Crippen LogP contribution in [0.3, 0.4) is 0 Å². The zero-order chi connectivity index (χ0) is 9.84. The maximum absolute atomic E-state index is 11.7. The van der Waals surface area contributed by atoms with E-state index in [1.54, 1.807) is 6.07 Å². The second-order valence-corrected chi connectivity index (χ2v) is 2.60. The van der Waals surface area contributed by atoms with Gasteiger partial charge in [0.2, 0.25) is 0 Å². The molecule has 2 nitrogen and oxygen atoms in total. The molecular formula is C8H4ClF2NO. The Kier molecular flexibility index (Phi) is 3.04. The number of rotatable bonds is 2. The molecule has 0 fully saturated rings. The van der Waals surface area contributed by atoms with E-state index in [0.717, 1.165) is 0 Å². The van der Waals surface area contributed by atoms with Crippen molar-refractivity contribution >= 4 is 11.6 Å². The first-order valence-electron chi connectivity index (χ1n) is 3.27. The summed E-state index contributed by atoms with van der Waals surface area (Å²) in [5.41, 5.74) is 0.183. The summed E-state index contributed by atoms with van der Waals surface area (Å²) in [4.78, 5) is 0. The Morgan fingerprint density at radius 3 is 2.62 bits per heavy atom. The Bertz CT molecular complexity index is 348. The molecule has 1 rings (SSSR count). The van der Waals surface area contributed by atoms with E-state index in [-0.39, 0.29) is 16.3 Å². The van der Waals surface area contributed by atoms with Crippen molar-refractivity contribution in [2.75, 3.05) is 0 Å². The van der Waals surface area contributed by atoms with Crippen molar-refractivity contribution in [3.8, 4) is 11.8 Å². The van der Waals surface area contributed by atoms with Crippen LogP contribution in [-0.2, 0) is 0 Å². The molecule has 13 heavy (non-hydrogen) atoms. The Balaban J connectivity index is 2.96. The molecule has 0 heterocycles. The lowest BCUT2D eigenvalue weighted by molar-refractivity contribution is -0.0498. The van der Waals surface area contributed by atoms with Crippen molar-refractivity contribution in [3.63, 3.8) is 0 Å². The van der Waals surface area contributed by atoms with Gasteiger partial charge in [0.15, 0.2) is 0 Å². The maximum Gasteiger partial charge on any atom is 0.387 e. The second kappa shape index (κ2) is 4.06. The molecule has 0 aliphatic heterocycles. The number of alkyl halides is 2. The smallest absolute Gasteiger partial charge is 0.387 e. The summed E-state index contributed by atoms with van der Waals surface area (Å²) in [6, 6.07) is 5.54. The highest BCUT2D eigenvalue weighted by molar-refractivity contribution is 6.30. The molecule has 0 aliphatic carbocycles. The van der Waals surface area contributed by atoms with Gasteiger partial charge in [0.05, 0.1) is 11.6 Å². The quantitative estimate of drug-likeness (QED) is 0.741. The Labute approximate surface area is 78.3 Å². The molecule has 0 bridgehead atoms. The van der Waals surface area contributed by atoms with Crippen LogP contribution >= 0.6 is 11.6 Å². The van der Waals surface area contributed by atoms with E-state index in [2.05, 4.69) is 4.74 Å². The Morgan fingerprint density at radius 1 is 1.38 bits per heavy atom. The normalized spacial score (nSPS) is 9.77. The zero-order valence-electron chi connectivity index (χ0n) is 6.30. The van der Waals surface area contributed by atoms with Crippen molar-refractivity contribution < 1.29 is 13.5 Å². The molecule has 0 atom stereocenters. The van der Waals surface area contributed by atoms with Gasteiger partial charge < -0.3 is 4.74 Å². The molecule has 0 aromatic heterocycles. The predicted molar refractivity (Wildman–Crippen MR) is 42.8 cm³/mol. The SMILES string of the molecule is N#Cc1cc(Cl)cc(OC(F)F)c1. The highest BCUT2D eigenvalue weighted by atomic mass is 35.5. The third-order valence-corrected chi connectivity index (χ3v) is 1.44. The van der Waals surface area contributed by atoms with Gasteiger partial charge in [-0.2, -0.15) is 14.0 Å². The standard InChI is InChI=1S/C8H4ClF2NO/c9-6-1-5(4-12)2-7(3-6)13-8(10)11/h1-3,8H. The largest absolute Gasteiger partial charge is 0.435 e. The molecule has 0 unspecified atom stereocenters. The van der Waals surface area contributed by atoms with Crippen LogP contribution in [0, 0.1) is 11.3 Å². The predicted octanol–water partition coefficient (Wildman–Crippen LogP) is 2.81. The van der Waals surface area contributed by atoms with Crippen LogP contribution in [0.4, 0.5) is 8.78 Å². The molecule has 1 aromatic carbocycles. The van der Waals surface area contributed by atoms with Gasteiger partial charge in [0.1, 0.15) is 5.75 Å². The van der Waals surface area contributed by atoms with Crippen molar-refractivity contribution in [1.29, 1.82) is 5.26 Å². The summed E-state index contributed by atoms with van der Waals surface area (Å²) in [6.45, 7) is -2.91.